The first kappa shape index (κ1) is 15.6. The first-order chi connectivity index (χ1) is 12.2. The zero-order valence-electron chi connectivity index (χ0n) is 14.2. The van der Waals surface area contributed by atoms with Crippen molar-refractivity contribution in [3.05, 3.63) is 66.8 Å². The van der Waals surface area contributed by atoms with Crippen LogP contribution in [0.25, 0.3) is 16.3 Å². The molecule has 4 rings (SSSR count). The maximum atomic E-state index is 12.7. The number of nitrogens with zero attached hydrogens (tertiary/aromatic N) is 4. The topological polar surface area (TPSA) is 51.0 Å². The van der Waals surface area contributed by atoms with Gasteiger partial charge in [-0.1, -0.05) is 48.5 Å². The third-order valence-electron chi connectivity index (χ3n) is 4.85. The molecule has 0 unspecified atom stereocenters. The van der Waals surface area contributed by atoms with E-state index in [1.807, 2.05) is 11.8 Å². The lowest BCUT2D eigenvalue weighted by atomic mass is 9.94. The molecule has 0 radical (unpaired) electrons. The summed E-state index contributed by atoms with van der Waals surface area (Å²) in [7, 11) is 0. The fraction of sp³-hybridized carbons (Fsp3) is 0.250. The standard InChI is InChI=1S/C20H20N4O/c1-15(24-14-21-13-22-24)20(25)23-11-9-17(10-12-23)19-8-4-6-16-5-2-3-7-18(16)19/h2-9,13-15H,10-12H2,1H3/t15-/m0/s1. The van der Waals surface area contributed by atoms with Crippen LogP contribution in [0.1, 0.15) is 24.9 Å². The maximum absolute atomic E-state index is 12.7. The average Bonchev–Trinajstić information content (AvgIpc) is 3.21. The fourth-order valence-electron chi connectivity index (χ4n) is 3.41. The Morgan fingerprint density at radius 2 is 2.00 bits per heavy atom. The van der Waals surface area contributed by atoms with Gasteiger partial charge >= 0.3 is 0 Å². The summed E-state index contributed by atoms with van der Waals surface area (Å²) in [6.45, 7) is 3.23. The third kappa shape index (κ3) is 2.93. The summed E-state index contributed by atoms with van der Waals surface area (Å²) >= 11 is 0. The number of benzene rings is 2. The number of fused-ring (bicyclic) bond motifs is 1. The van der Waals surface area contributed by atoms with E-state index in [4.69, 9.17) is 0 Å². The van der Waals surface area contributed by atoms with E-state index in [9.17, 15) is 4.79 Å². The first-order valence-electron chi connectivity index (χ1n) is 8.54. The number of carbonyl (C=O) groups excluding carboxylic acids is 1. The van der Waals surface area contributed by atoms with Gasteiger partial charge in [0.15, 0.2) is 0 Å². The van der Waals surface area contributed by atoms with Gasteiger partial charge in [0.2, 0.25) is 5.91 Å². The minimum absolute atomic E-state index is 0.0821. The molecule has 0 saturated carbocycles. The Morgan fingerprint density at radius 1 is 1.16 bits per heavy atom. The molecule has 3 aromatic rings. The van der Waals surface area contributed by atoms with Gasteiger partial charge in [-0.25, -0.2) is 9.67 Å². The van der Waals surface area contributed by atoms with Gasteiger partial charge in [0.25, 0.3) is 0 Å². The highest BCUT2D eigenvalue weighted by molar-refractivity contribution is 5.94. The van der Waals surface area contributed by atoms with Gasteiger partial charge in [0.05, 0.1) is 0 Å². The molecule has 126 valence electrons. The Morgan fingerprint density at radius 3 is 2.76 bits per heavy atom. The second-order valence-electron chi connectivity index (χ2n) is 6.34. The Hall–Kier alpha value is -2.95. The molecule has 1 amide bonds. The number of aromatic nitrogens is 3. The van der Waals surface area contributed by atoms with Crippen molar-refractivity contribution in [1.29, 1.82) is 0 Å². The van der Waals surface area contributed by atoms with Crippen molar-refractivity contribution in [3.8, 4) is 0 Å². The van der Waals surface area contributed by atoms with E-state index in [1.165, 1.54) is 28.2 Å². The number of hydrogen-bond acceptors (Lipinski definition) is 3. The lowest BCUT2D eigenvalue weighted by molar-refractivity contribution is -0.134. The normalized spacial score (nSPS) is 15.9. The molecular weight excluding hydrogens is 312 g/mol. The van der Waals surface area contributed by atoms with Crippen LogP contribution in [-0.4, -0.2) is 38.7 Å². The monoisotopic (exact) mass is 332 g/mol. The van der Waals surface area contributed by atoms with Crippen LogP contribution in [0.5, 0.6) is 0 Å². The number of rotatable bonds is 3. The van der Waals surface area contributed by atoms with Crippen LogP contribution in [0.3, 0.4) is 0 Å². The highest BCUT2D eigenvalue weighted by Gasteiger charge is 2.24. The predicted octanol–water partition coefficient (Wildman–Crippen LogP) is 3.31. The molecule has 0 fully saturated rings. The Kier molecular flexibility index (Phi) is 4.06. The van der Waals surface area contributed by atoms with Crippen molar-refractivity contribution < 1.29 is 4.79 Å². The molecule has 1 aliphatic heterocycles. The minimum atomic E-state index is -0.324. The van der Waals surface area contributed by atoms with E-state index in [2.05, 4.69) is 58.6 Å². The van der Waals surface area contributed by atoms with Crippen molar-refractivity contribution in [2.45, 2.75) is 19.4 Å². The number of amides is 1. The van der Waals surface area contributed by atoms with Gasteiger partial charge in [0.1, 0.15) is 18.7 Å². The van der Waals surface area contributed by atoms with Crippen LogP contribution in [0, 0.1) is 0 Å². The molecule has 0 aliphatic carbocycles. The molecule has 0 saturated heterocycles. The van der Waals surface area contributed by atoms with Crippen LogP contribution >= 0.6 is 0 Å². The second-order valence-corrected chi connectivity index (χ2v) is 6.34. The summed E-state index contributed by atoms with van der Waals surface area (Å²) in [5.74, 6) is 0.0821. The van der Waals surface area contributed by atoms with Crippen LogP contribution in [0.15, 0.2) is 61.2 Å². The van der Waals surface area contributed by atoms with Crippen LogP contribution in [-0.2, 0) is 4.79 Å². The van der Waals surface area contributed by atoms with Gasteiger partial charge in [-0.3, -0.25) is 4.79 Å². The zero-order chi connectivity index (χ0) is 17.2. The van der Waals surface area contributed by atoms with E-state index in [0.717, 1.165) is 13.0 Å². The molecule has 5 heteroatoms. The highest BCUT2D eigenvalue weighted by atomic mass is 16.2. The predicted molar refractivity (Wildman–Crippen MR) is 97.9 cm³/mol. The smallest absolute Gasteiger partial charge is 0.247 e. The lowest BCUT2D eigenvalue weighted by Gasteiger charge is -2.29. The molecule has 1 aliphatic rings. The second kappa shape index (κ2) is 6.51. The third-order valence-corrected chi connectivity index (χ3v) is 4.85. The van der Waals surface area contributed by atoms with E-state index < -0.39 is 0 Å². The highest BCUT2D eigenvalue weighted by Crippen LogP contribution is 2.29. The van der Waals surface area contributed by atoms with Crippen LogP contribution in [0.4, 0.5) is 0 Å². The molecule has 0 spiro atoms. The summed E-state index contributed by atoms with van der Waals surface area (Å²) in [6, 6.07) is 14.5. The van der Waals surface area contributed by atoms with Gasteiger partial charge < -0.3 is 4.90 Å². The summed E-state index contributed by atoms with van der Waals surface area (Å²) < 4.78 is 1.60. The summed E-state index contributed by atoms with van der Waals surface area (Å²) in [5.41, 5.74) is 2.59. The Labute approximate surface area is 146 Å². The van der Waals surface area contributed by atoms with E-state index >= 15 is 0 Å². The van der Waals surface area contributed by atoms with Crippen molar-refractivity contribution in [3.63, 3.8) is 0 Å². The Bertz CT molecular complexity index is 925. The Balaban J connectivity index is 1.55. The fourth-order valence-corrected chi connectivity index (χ4v) is 3.41. The number of hydrogen-bond donors (Lipinski definition) is 0. The van der Waals surface area contributed by atoms with Gasteiger partial charge in [0, 0.05) is 13.1 Å². The average molecular weight is 332 g/mol. The van der Waals surface area contributed by atoms with E-state index in [1.54, 1.807) is 11.0 Å². The summed E-state index contributed by atoms with van der Waals surface area (Å²) in [5, 5.41) is 6.59. The van der Waals surface area contributed by atoms with Gasteiger partial charge in [-0.2, -0.15) is 5.10 Å². The van der Waals surface area contributed by atoms with Gasteiger partial charge in [-0.15, -0.1) is 0 Å². The molecule has 2 aromatic carbocycles. The molecular formula is C20H20N4O. The lowest BCUT2D eigenvalue weighted by Crippen LogP contribution is -2.39. The molecule has 2 heterocycles. The molecule has 25 heavy (non-hydrogen) atoms. The number of carbonyl (C=O) groups is 1. The minimum Gasteiger partial charge on any atom is -0.337 e. The van der Waals surface area contributed by atoms with E-state index in [-0.39, 0.29) is 11.9 Å². The largest absolute Gasteiger partial charge is 0.337 e. The zero-order valence-corrected chi connectivity index (χ0v) is 14.2. The van der Waals surface area contributed by atoms with Crippen LogP contribution < -0.4 is 0 Å². The summed E-state index contributed by atoms with van der Waals surface area (Å²) in [6.07, 6.45) is 6.09. The van der Waals surface area contributed by atoms with Crippen molar-refractivity contribution >= 4 is 22.3 Å². The maximum Gasteiger partial charge on any atom is 0.247 e. The molecule has 0 bridgehead atoms. The molecule has 1 aromatic heterocycles. The van der Waals surface area contributed by atoms with Gasteiger partial charge in [-0.05, 0) is 35.3 Å². The summed E-state index contributed by atoms with van der Waals surface area (Å²) in [4.78, 5) is 18.5. The molecule has 5 nitrogen and oxygen atoms in total. The van der Waals surface area contributed by atoms with Crippen LogP contribution in [0.2, 0.25) is 0 Å². The quantitative estimate of drug-likeness (QED) is 0.739. The molecule has 0 N–H and O–H groups in total. The van der Waals surface area contributed by atoms with Crippen molar-refractivity contribution in [1.82, 2.24) is 19.7 Å². The van der Waals surface area contributed by atoms with Crippen molar-refractivity contribution in [2.24, 2.45) is 0 Å². The first-order valence-corrected chi connectivity index (χ1v) is 8.54. The van der Waals surface area contributed by atoms with Crippen molar-refractivity contribution in [2.75, 3.05) is 13.1 Å². The molecule has 1 atom stereocenters. The van der Waals surface area contributed by atoms with E-state index in [0.29, 0.717) is 6.54 Å². The SMILES string of the molecule is C[C@@H](C(=O)N1CC=C(c2cccc3ccccc23)CC1)n1cncn1.